The number of aromatic amines is 1. The Morgan fingerprint density at radius 3 is 2.65 bits per heavy atom. The summed E-state index contributed by atoms with van der Waals surface area (Å²) in [5, 5.41) is 6.87. The number of carbonyl (C=O) groups is 3. The van der Waals surface area contributed by atoms with Crippen LogP contribution in [0.4, 0.5) is 0 Å². The van der Waals surface area contributed by atoms with Crippen LogP contribution in [-0.2, 0) is 20.8 Å². The zero-order valence-corrected chi connectivity index (χ0v) is 19.4. The molecule has 7 heteroatoms. The first kappa shape index (κ1) is 23.5. The van der Waals surface area contributed by atoms with E-state index in [1.807, 2.05) is 60.8 Å². The van der Waals surface area contributed by atoms with Gasteiger partial charge < -0.3 is 20.5 Å². The van der Waals surface area contributed by atoms with Gasteiger partial charge in [-0.1, -0.05) is 48.5 Å². The number of fused-ring (bicyclic) bond motifs is 1. The second-order valence-corrected chi connectivity index (χ2v) is 8.76. The third-order valence-corrected chi connectivity index (χ3v) is 6.39. The van der Waals surface area contributed by atoms with Crippen LogP contribution in [0.2, 0.25) is 0 Å². The fourth-order valence-corrected chi connectivity index (χ4v) is 4.55. The third kappa shape index (κ3) is 6.04. The first-order chi connectivity index (χ1) is 16.6. The SMILES string of the molecule is O=C(CCc1c[nH]c2ccccc12)NCC(=O)N1CCCCCNC(=O)CC1c1ccccc1. The van der Waals surface area contributed by atoms with E-state index in [1.165, 1.54) is 0 Å². The van der Waals surface area contributed by atoms with E-state index < -0.39 is 0 Å². The summed E-state index contributed by atoms with van der Waals surface area (Å²) in [5.74, 6) is -0.382. The van der Waals surface area contributed by atoms with Crippen LogP contribution in [0, 0.1) is 0 Å². The van der Waals surface area contributed by atoms with E-state index in [4.69, 9.17) is 0 Å². The number of hydrogen-bond acceptors (Lipinski definition) is 3. The topological polar surface area (TPSA) is 94.3 Å². The Labute approximate surface area is 199 Å². The van der Waals surface area contributed by atoms with Crippen molar-refractivity contribution in [2.45, 2.75) is 44.6 Å². The van der Waals surface area contributed by atoms with E-state index in [2.05, 4.69) is 15.6 Å². The van der Waals surface area contributed by atoms with Gasteiger partial charge in [0.2, 0.25) is 17.7 Å². The Bertz CT molecular complexity index is 1130. The molecule has 1 aliphatic rings. The zero-order chi connectivity index (χ0) is 23.8. The molecule has 1 aromatic heterocycles. The highest BCUT2D eigenvalue weighted by Gasteiger charge is 2.27. The van der Waals surface area contributed by atoms with Crippen molar-refractivity contribution in [2.24, 2.45) is 0 Å². The van der Waals surface area contributed by atoms with Gasteiger partial charge in [0.15, 0.2) is 0 Å². The van der Waals surface area contributed by atoms with Crippen LogP contribution in [0.15, 0.2) is 60.8 Å². The maximum Gasteiger partial charge on any atom is 0.242 e. The summed E-state index contributed by atoms with van der Waals surface area (Å²) < 4.78 is 0. The molecule has 34 heavy (non-hydrogen) atoms. The predicted molar refractivity (Wildman–Crippen MR) is 132 cm³/mol. The van der Waals surface area contributed by atoms with E-state index in [0.717, 1.165) is 41.3 Å². The molecule has 2 aromatic carbocycles. The smallest absolute Gasteiger partial charge is 0.242 e. The van der Waals surface area contributed by atoms with Crippen molar-refractivity contribution < 1.29 is 14.4 Å². The van der Waals surface area contributed by atoms with Crippen molar-refractivity contribution in [3.63, 3.8) is 0 Å². The first-order valence-electron chi connectivity index (χ1n) is 12.0. The molecule has 1 saturated heterocycles. The number of aromatic nitrogens is 1. The van der Waals surface area contributed by atoms with Gasteiger partial charge in [-0.2, -0.15) is 0 Å². The molecular formula is C27H32N4O3. The van der Waals surface area contributed by atoms with E-state index in [1.54, 1.807) is 4.90 Å². The fourth-order valence-electron chi connectivity index (χ4n) is 4.55. The Balaban J connectivity index is 1.39. The number of para-hydroxylation sites is 1. The molecule has 2 heterocycles. The fraction of sp³-hybridized carbons (Fsp3) is 0.370. The largest absolute Gasteiger partial charge is 0.361 e. The Hall–Kier alpha value is -3.61. The van der Waals surface area contributed by atoms with E-state index in [0.29, 0.717) is 25.9 Å². The molecule has 1 unspecified atom stereocenters. The van der Waals surface area contributed by atoms with Crippen LogP contribution in [0.25, 0.3) is 10.9 Å². The van der Waals surface area contributed by atoms with E-state index >= 15 is 0 Å². The highest BCUT2D eigenvalue weighted by Crippen LogP contribution is 2.26. The second-order valence-electron chi connectivity index (χ2n) is 8.76. The van der Waals surface area contributed by atoms with Crippen molar-refractivity contribution >= 4 is 28.6 Å². The van der Waals surface area contributed by atoms with Crippen LogP contribution in [0.3, 0.4) is 0 Å². The minimum atomic E-state index is -0.352. The molecule has 0 saturated carbocycles. The van der Waals surface area contributed by atoms with Gasteiger partial charge in [-0.3, -0.25) is 14.4 Å². The van der Waals surface area contributed by atoms with Crippen molar-refractivity contribution in [1.29, 1.82) is 0 Å². The number of nitrogens with one attached hydrogen (secondary N) is 3. The first-order valence-corrected chi connectivity index (χ1v) is 12.0. The molecule has 4 rings (SSSR count). The molecule has 3 N–H and O–H groups in total. The molecule has 3 amide bonds. The van der Waals surface area contributed by atoms with Gasteiger partial charge in [0, 0.05) is 36.6 Å². The molecular weight excluding hydrogens is 428 g/mol. The van der Waals surface area contributed by atoms with Crippen molar-refractivity contribution in [1.82, 2.24) is 20.5 Å². The van der Waals surface area contributed by atoms with Gasteiger partial charge in [0.05, 0.1) is 19.0 Å². The number of carbonyl (C=O) groups excluding carboxylic acids is 3. The van der Waals surface area contributed by atoms with Crippen molar-refractivity contribution in [3.8, 4) is 0 Å². The lowest BCUT2D eigenvalue weighted by atomic mass is 10.00. The van der Waals surface area contributed by atoms with Gasteiger partial charge in [-0.15, -0.1) is 0 Å². The van der Waals surface area contributed by atoms with E-state index in [9.17, 15) is 14.4 Å². The molecule has 3 aromatic rings. The summed E-state index contributed by atoms with van der Waals surface area (Å²) in [6.45, 7) is 1.16. The van der Waals surface area contributed by atoms with Crippen LogP contribution in [0.5, 0.6) is 0 Å². The van der Waals surface area contributed by atoms with Crippen LogP contribution in [-0.4, -0.2) is 47.2 Å². The normalized spacial score (nSPS) is 17.2. The quantitative estimate of drug-likeness (QED) is 0.526. The molecule has 0 bridgehead atoms. The molecule has 0 aliphatic carbocycles. The van der Waals surface area contributed by atoms with Gasteiger partial charge >= 0.3 is 0 Å². The minimum Gasteiger partial charge on any atom is -0.361 e. The van der Waals surface area contributed by atoms with Crippen molar-refractivity contribution in [2.75, 3.05) is 19.6 Å². The Morgan fingerprint density at radius 1 is 1.00 bits per heavy atom. The summed E-state index contributed by atoms with van der Waals surface area (Å²) in [6.07, 6.45) is 5.74. The molecule has 0 spiro atoms. The van der Waals surface area contributed by atoms with E-state index in [-0.39, 0.29) is 36.7 Å². The molecule has 1 atom stereocenters. The third-order valence-electron chi connectivity index (χ3n) is 6.39. The Morgan fingerprint density at radius 2 is 1.79 bits per heavy atom. The van der Waals surface area contributed by atoms with Crippen LogP contribution >= 0.6 is 0 Å². The number of aryl methyl sites for hydroxylation is 1. The summed E-state index contributed by atoms with van der Waals surface area (Å²) in [6, 6.07) is 17.3. The highest BCUT2D eigenvalue weighted by atomic mass is 16.2. The molecule has 7 nitrogen and oxygen atoms in total. The number of H-pyrrole nitrogens is 1. The maximum absolute atomic E-state index is 13.2. The predicted octanol–water partition coefficient (Wildman–Crippen LogP) is 3.48. The molecule has 1 fully saturated rings. The zero-order valence-electron chi connectivity index (χ0n) is 19.4. The average molecular weight is 461 g/mol. The summed E-state index contributed by atoms with van der Waals surface area (Å²) in [4.78, 5) is 43.2. The van der Waals surface area contributed by atoms with Gasteiger partial charge in [0.25, 0.3) is 0 Å². The number of amides is 3. The van der Waals surface area contributed by atoms with Gasteiger partial charge in [0.1, 0.15) is 0 Å². The number of hydrogen-bond donors (Lipinski definition) is 3. The monoisotopic (exact) mass is 460 g/mol. The highest BCUT2D eigenvalue weighted by molar-refractivity contribution is 5.87. The number of nitrogens with zero attached hydrogens (tertiary/aromatic N) is 1. The lowest BCUT2D eigenvalue weighted by Gasteiger charge is -2.33. The van der Waals surface area contributed by atoms with Crippen LogP contribution < -0.4 is 10.6 Å². The maximum atomic E-state index is 13.2. The summed E-state index contributed by atoms with van der Waals surface area (Å²) in [5.41, 5.74) is 3.06. The molecule has 0 radical (unpaired) electrons. The number of rotatable bonds is 6. The number of benzene rings is 2. The summed E-state index contributed by atoms with van der Waals surface area (Å²) in [7, 11) is 0. The van der Waals surface area contributed by atoms with Gasteiger partial charge in [-0.25, -0.2) is 0 Å². The second kappa shape index (κ2) is 11.5. The molecule has 1 aliphatic heterocycles. The van der Waals surface area contributed by atoms with Crippen LogP contribution in [0.1, 0.15) is 49.3 Å². The lowest BCUT2D eigenvalue weighted by Crippen LogP contribution is -2.44. The molecule has 178 valence electrons. The average Bonchev–Trinajstić information content (AvgIpc) is 3.28. The summed E-state index contributed by atoms with van der Waals surface area (Å²) >= 11 is 0. The lowest BCUT2D eigenvalue weighted by molar-refractivity contribution is -0.136. The minimum absolute atomic E-state index is 0.0590. The van der Waals surface area contributed by atoms with Gasteiger partial charge in [-0.05, 0) is 42.9 Å². The Kier molecular flexibility index (Phi) is 7.96. The standard InChI is InChI=1S/C27H32N4O3/c32-25(14-13-21-18-29-23-12-6-5-11-22(21)23)30-19-27(34)31-16-8-2-7-15-28-26(33)17-24(31)20-9-3-1-4-10-20/h1,3-6,9-12,18,24,29H,2,7-8,13-17,19H2,(H,28,33)(H,30,32). The van der Waals surface area contributed by atoms with Crippen molar-refractivity contribution in [3.05, 3.63) is 71.9 Å².